The number of hydrogen-bond donors (Lipinski definition) is 1. The maximum absolute atomic E-state index is 12.2. The minimum absolute atomic E-state index is 0.174. The molecule has 3 nitrogen and oxygen atoms in total. The lowest BCUT2D eigenvalue weighted by Crippen LogP contribution is -2.50. The van der Waals surface area contributed by atoms with E-state index in [9.17, 15) is 9.59 Å². The molecule has 1 saturated heterocycles. The van der Waals surface area contributed by atoms with Crippen LogP contribution in [0.3, 0.4) is 0 Å². The van der Waals surface area contributed by atoms with Gasteiger partial charge in [-0.25, -0.2) is 0 Å². The van der Waals surface area contributed by atoms with Gasteiger partial charge in [0.2, 0.25) is 11.8 Å². The van der Waals surface area contributed by atoms with E-state index in [-0.39, 0.29) is 11.8 Å². The lowest BCUT2D eigenvalue weighted by molar-refractivity contribution is -0.131. The molecular formula is C13H15NO2S. The van der Waals surface area contributed by atoms with Crippen molar-refractivity contribution in [1.29, 1.82) is 0 Å². The Kier molecular flexibility index (Phi) is 3.52. The molecule has 1 aliphatic rings. The van der Waals surface area contributed by atoms with Gasteiger partial charge in [0.15, 0.2) is 0 Å². The van der Waals surface area contributed by atoms with Crippen molar-refractivity contribution < 1.29 is 9.59 Å². The van der Waals surface area contributed by atoms with E-state index in [2.05, 4.69) is 12.2 Å². The van der Waals surface area contributed by atoms with Gasteiger partial charge in [0.1, 0.15) is 4.75 Å². The average molecular weight is 249 g/mol. The second-order valence-electron chi connectivity index (χ2n) is 4.11. The van der Waals surface area contributed by atoms with Gasteiger partial charge in [-0.2, -0.15) is 0 Å². The van der Waals surface area contributed by atoms with Crippen molar-refractivity contribution >= 4 is 23.6 Å². The summed E-state index contributed by atoms with van der Waals surface area (Å²) >= 11 is 1.44. The third kappa shape index (κ3) is 2.22. The number of carbonyl (C=O) groups is 2. The molecule has 0 saturated carbocycles. The summed E-state index contributed by atoms with van der Waals surface area (Å²) in [6.45, 7) is 2.05. The summed E-state index contributed by atoms with van der Waals surface area (Å²) in [7, 11) is 0. The average Bonchev–Trinajstić information content (AvgIpc) is 2.34. The zero-order valence-electron chi connectivity index (χ0n) is 9.73. The highest BCUT2D eigenvalue weighted by molar-refractivity contribution is 8.01. The highest BCUT2D eigenvalue weighted by Gasteiger charge is 2.44. The van der Waals surface area contributed by atoms with Crippen LogP contribution in [0.2, 0.25) is 0 Å². The van der Waals surface area contributed by atoms with Crippen LogP contribution >= 0.6 is 11.8 Å². The van der Waals surface area contributed by atoms with Crippen LogP contribution in [-0.2, 0) is 14.3 Å². The molecule has 0 spiro atoms. The number of benzene rings is 1. The summed E-state index contributed by atoms with van der Waals surface area (Å²) in [5.41, 5.74) is 0.983. The summed E-state index contributed by atoms with van der Waals surface area (Å²) in [4.78, 5) is 23.4. The number of rotatable bonds is 3. The molecule has 1 heterocycles. The third-order valence-electron chi connectivity index (χ3n) is 2.91. The number of thioether (sulfide) groups is 1. The fourth-order valence-corrected chi connectivity index (χ4v) is 3.40. The van der Waals surface area contributed by atoms with E-state index in [1.165, 1.54) is 11.8 Å². The first-order valence-electron chi connectivity index (χ1n) is 5.73. The first kappa shape index (κ1) is 12.2. The topological polar surface area (TPSA) is 46.2 Å². The normalized spacial score (nSPS) is 24.5. The molecule has 1 aromatic carbocycles. The molecule has 1 fully saturated rings. The molecule has 4 heteroatoms. The summed E-state index contributed by atoms with van der Waals surface area (Å²) < 4.78 is -0.593. The summed E-state index contributed by atoms with van der Waals surface area (Å²) in [5, 5.41) is 2.45. The smallest absolute Gasteiger partial charge is 0.247 e. The van der Waals surface area contributed by atoms with Crippen molar-refractivity contribution in [3.05, 3.63) is 35.9 Å². The van der Waals surface area contributed by atoms with Crippen molar-refractivity contribution in [3.8, 4) is 0 Å². The second-order valence-corrected chi connectivity index (χ2v) is 5.38. The summed E-state index contributed by atoms with van der Waals surface area (Å²) in [6.07, 6.45) is 1.66. The van der Waals surface area contributed by atoms with Crippen LogP contribution in [0.4, 0.5) is 0 Å². The Morgan fingerprint density at radius 3 is 2.59 bits per heavy atom. The Balaban J connectivity index is 2.39. The van der Waals surface area contributed by atoms with Crippen LogP contribution in [0.25, 0.3) is 0 Å². The van der Waals surface area contributed by atoms with E-state index in [0.29, 0.717) is 5.75 Å². The standard InChI is InChI=1S/C13H15NO2S/c1-2-8-13(10-6-4-3-5-7-10)12(16)14-11(15)9-17-13/h3-7H,2,8-9H2,1H3,(H,14,15,16)/t13-/m0/s1. The van der Waals surface area contributed by atoms with Crippen LogP contribution in [0, 0.1) is 0 Å². The van der Waals surface area contributed by atoms with Gasteiger partial charge in [0.05, 0.1) is 5.75 Å². The van der Waals surface area contributed by atoms with Gasteiger partial charge in [-0.15, -0.1) is 11.8 Å². The van der Waals surface area contributed by atoms with Gasteiger partial charge in [0.25, 0.3) is 0 Å². The Labute approximate surface area is 105 Å². The van der Waals surface area contributed by atoms with Crippen molar-refractivity contribution in [2.75, 3.05) is 5.75 Å². The minimum atomic E-state index is -0.593. The van der Waals surface area contributed by atoms with E-state index in [4.69, 9.17) is 0 Å². The maximum Gasteiger partial charge on any atom is 0.247 e. The highest BCUT2D eigenvalue weighted by atomic mass is 32.2. The van der Waals surface area contributed by atoms with Gasteiger partial charge in [-0.3, -0.25) is 14.9 Å². The number of amides is 2. The lowest BCUT2D eigenvalue weighted by atomic mass is 9.92. The third-order valence-corrected chi connectivity index (χ3v) is 4.44. The van der Waals surface area contributed by atoms with Crippen LogP contribution in [0.5, 0.6) is 0 Å². The molecule has 0 aromatic heterocycles. The van der Waals surface area contributed by atoms with E-state index in [1.54, 1.807) is 0 Å². The fraction of sp³-hybridized carbons (Fsp3) is 0.385. The van der Waals surface area contributed by atoms with Crippen molar-refractivity contribution in [1.82, 2.24) is 5.32 Å². The quantitative estimate of drug-likeness (QED) is 0.834. The van der Waals surface area contributed by atoms with E-state index in [0.717, 1.165) is 18.4 Å². The zero-order chi connectivity index (χ0) is 12.3. The number of carbonyl (C=O) groups excluding carboxylic acids is 2. The van der Waals surface area contributed by atoms with Crippen molar-refractivity contribution in [2.24, 2.45) is 0 Å². The molecular weight excluding hydrogens is 234 g/mol. The molecule has 1 aliphatic heterocycles. The lowest BCUT2D eigenvalue weighted by Gasteiger charge is -2.34. The number of hydrogen-bond acceptors (Lipinski definition) is 3. The first-order valence-corrected chi connectivity index (χ1v) is 6.71. The Morgan fingerprint density at radius 2 is 2.00 bits per heavy atom. The summed E-state index contributed by atoms with van der Waals surface area (Å²) in [5.74, 6) is -0.0184. The van der Waals surface area contributed by atoms with Crippen LogP contribution < -0.4 is 5.32 Å². The molecule has 0 bridgehead atoms. The molecule has 2 amide bonds. The molecule has 17 heavy (non-hydrogen) atoms. The Morgan fingerprint density at radius 1 is 1.29 bits per heavy atom. The van der Waals surface area contributed by atoms with Crippen molar-refractivity contribution in [2.45, 2.75) is 24.5 Å². The molecule has 1 aromatic rings. The van der Waals surface area contributed by atoms with Gasteiger partial charge < -0.3 is 0 Å². The van der Waals surface area contributed by atoms with E-state index >= 15 is 0 Å². The molecule has 2 rings (SSSR count). The van der Waals surface area contributed by atoms with E-state index in [1.807, 2.05) is 30.3 Å². The number of imide groups is 1. The van der Waals surface area contributed by atoms with Gasteiger partial charge in [-0.05, 0) is 12.0 Å². The largest absolute Gasteiger partial charge is 0.294 e. The molecule has 1 atom stereocenters. The first-order chi connectivity index (χ1) is 8.19. The summed E-state index contributed by atoms with van der Waals surface area (Å²) in [6, 6.07) is 9.70. The predicted molar refractivity (Wildman–Crippen MR) is 68.6 cm³/mol. The van der Waals surface area contributed by atoms with E-state index < -0.39 is 4.75 Å². The van der Waals surface area contributed by atoms with Gasteiger partial charge >= 0.3 is 0 Å². The number of nitrogens with one attached hydrogen (secondary N) is 1. The Hall–Kier alpha value is -1.29. The Bertz CT molecular complexity index is 432. The van der Waals surface area contributed by atoms with Crippen molar-refractivity contribution in [3.63, 3.8) is 0 Å². The van der Waals surface area contributed by atoms with Gasteiger partial charge in [0, 0.05) is 0 Å². The van der Waals surface area contributed by atoms with Gasteiger partial charge in [-0.1, -0.05) is 43.7 Å². The maximum atomic E-state index is 12.2. The second kappa shape index (κ2) is 4.92. The molecule has 0 radical (unpaired) electrons. The van der Waals surface area contributed by atoms with Crippen LogP contribution in [0.15, 0.2) is 30.3 Å². The molecule has 0 unspecified atom stereocenters. The minimum Gasteiger partial charge on any atom is -0.294 e. The molecule has 1 N–H and O–H groups in total. The SMILES string of the molecule is CCC[C@@]1(c2ccccc2)SCC(=O)NC1=O. The predicted octanol–water partition coefficient (Wildman–Crippen LogP) is 2.07. The van der Waals surface area contributed by atoms with Crippen LogP contribution in [-0.4, -0.2) is 17.6 Å². The van der Waals surface area contributed by atoms with Crippen LogP contribution in [0.1, 0.15) is 25.3 Å². The molecule has 90 valence electrons. The monoisotopic (exact) mass is 249 g/mol. The zero-order valence-corrected chi connectivity index (χ0v) is 10.5. The highest BCUT2D eigenvalue weighted by Crippen LogP contribution is 2.42. The fourth-order valence-electron chi connectivity index (χ4n) is 2.12. The molecule has 0 aliphatic carbocycles.